The van der Waals surface area contributed by atoms with Gasteiger partial charge in [0.25, 0.3) is 0 Å². The van der Waals surface area contributed by atoms with Gasteiger partial charge in [-0.1, -0.05) is 31.9 Å². The van der Waals surface area contributed by atoms with E-state index in [0.717, 1.165) is 31.6 Å². The molecule has 0 N–H and O–H groups in total. The van der Waals surface area contributed by atoms with Crippen molar-refractivity contribution in [2.24, 2.45) is 11.8 Å². The van der Waals surface area contributed by atoms with Crippen molar-refractivity contribution in [2.75, 3.05) is 26.4 Å². The average Bonchev–Trinajstić information content (AvgIpc) is 2.76. The zero-order chi connectivity index (χ0) is 22.1. The van der Waals surface area contributed by atoms with E-state index in [1.165, 1.54) is 31.4 Å². The van der Waals surface area contributed by atoms with Crippen molar-refractivity contribution >= 4 is 0 Å². The summed E-state index contributed by atoms with van der Waals surface area (Å²) in [7, 11) is 0. The van der Waals surface area contributed by atoms with Crippen LogP contribution in [0.15, 0.2) is 24.3 Å². The van der Waals surface area contributed by atoms with Crippen molar-refractivity contribution in [1.82, 2.24) is 0 Å². The van der Waals surface area contributed by atoms with Crippen molar-refractivity contribution < 1.29 is 36.9 Å². The lowest BCUT2D eigenvalue weighted by Gasteiger charge is -2.32. The molecule has 5 nitrogen and oxygen atoms in total. The summed E-state index contributed by atoms with van der Waals surface area (Å²) >= 11 is 0. The fourth-order valence-corrected chi connectivity index (χ4v) is 3.84. The molecule has 0 aliphatic carbocycles. The SMILES string of the molecule is CCCC[C@H]1CO[C@H](CC[C@H]2CO[C@H](CCc3ccc(OC(F)(F)F)cc3)OC2)OC1. The maximum Gasteiger partial charge on any atom is 0.573 e. The number of alkyl halides is 3. The standard InChI is InChI=1S/C23H33F3O5/c1-2-3-4-18-13-27-22(28-14-18)12-8-19-15-29-21(30-16-19)11-7-17-5-9-20(10-6-17)31-23(24,25)26/h5-6,9-10,18-19,21-22H,2-4,7-8,11-16H2,1H3/t18-,19-,21-,22-. The van der Waals surface area contributed by atoms with Crippen LogP contribution in [-0.2, 0) is 25.4 Å². The van der Waals surface area contributed by atoms with Crippen molar-refractivity contribution in [2.45, 2.75) is 70.8 Å². The Morgan fingerprint density at radius 1 is 0.806 bits per heavy atom. The van der Waals surface area contributed by atoms with Crippen molar-refractivity contribution in [3.05, 3.63) is 29.8 Å². The second-order valence-electron chi connectivity index (χ2n) is 8.37. The number of unbranched alkanes of at least 4 members (excludes halogenated alkanes) is 1. The highest BCUT2D eigenvalue weighted by molar-refractivity contribution is 5.27. The summed E-state index contributed by atoms with van der Waals surface area (Å²) in [5.74, 6) is 0.624. The largest absolute Gasteiger partial charge is 0.573 e. The van der Waals surface area contributed by atoms with Gasteiger partial charge in [-0.05, 0) is 43.4 Å². The zero-order valence-corrected chi connectivity index (χ0v) is 18.1. The molecule has 3 rings (SSSR count). The Hall–Kier alpha value is -1.35. The Kier molecular flexibility index (Phi) is 9.44. The van der Waals surface area contributed by atoms with Crippen LogP contribution in [0.5, 0.6) is 5.75 Å². The van der Waals surface area contributed by atoms with Gasteiger partial charge in [0.15, 0.2) is 12.6 Å². The van der Waals surface area contributed by atoms with E-state index in [4.69, 9.17) is 18.9 Å². The van der Waals surface area contributed by atoms with Crippen LogP contribution in [0.1, 0.15) is 51.0 Å². The molecule has 2 fully saturated rings. The minimum atomic E-state index is -4.67. The topological polar surface area (TPSA) is 46.2 Å². The molecule has 0 unspecified atom stereocenters. The first-order valence-electron chi connectivity index (χ1n) is 11.2. The fourth-order valence-electron chi connectivity index (χ4n) is 3.84. The van der Waals surface area contributed by atoms with Crippen LogP contribution in [0.2, 0.25) is 0 Å². The maximum absolute atomic E-state index is 12.2. The molecule has 0 radical (unpaired) electrons. The van der Waals surface area contributed by atoms with Gasteiger partial charge >= 0.3 is 6.36 Å². The van der Waals surface area contributed by atoms with E-state index < -0.39 is 6.36 Å². The van der Waals surface area contributed by atoms with Gasteiger partial charge in [-0.2, -0.15) is 0 Å². The first-order valence-corrected chi connectivity index (χ1v) is 11.2. The van der Waals surface area contributed by atoms with Gasteiger partial charge < -0.3 is 23.7 Å². The van der Waals surface area contributed by atoms with E-state index in [-0.39, 0.29) is 18.3 Å². The lowest BCUT2D eigenvalue weighted by molar-refractivity contribution is -0.274. The highest BCUT2D eigenvalue weighted by Gasteiger charge is 2.31. The highest BCUT2D eigenvalue weighted by Crippen LogP contribution is 2.25. The number of hydrogen-bond acceptors (Lipinski definition) is 5. The van der Waals surface area contributed by atoms with Crippen LogP contribution >= 0.6 is 0 Å². The summed E-state index contributed by atoms with van der Waals surface area (Å²) in [5.41, 5.74) is 0.910. The molecule has 0 amide bonds. The average molecular weight is 447 g/mol. The van der Waals surface area contributed by atoms with Crippen LogP contribution in [0.4, 0.5) is 13.2 Å². The lowest BCUT2D eigenvalue weighted by atomic mass is 10.0. The third-order valence-electron chi connectivity index (χ3n) is 5.67. The Labute approximate surface area is 182 Å². The summed E-state index contributed by atoms with van der Waals surface area (Å²) < 4.78 is 63.9. The number of rotatable bonds is 10. The molecular formula is C23H33F3O5. The molecule has 8 heteroatoms. The van der Waals surface area contributed by atoms with E-state index >= 15 is 0 Å². The van der Waals surface area contributed by atoms with Crippen LogP contribution in [-0.4, -0.2) is 45.4 Å². The summed E-state index contributed by atoms with van der Waals surface area (Å²) in [6.45, 7) is 5.03. The monoisotopic (exact) mass is 446 g/mol. The Morgan fingerprint density at radius 2 is 1.35 bits per heavy atom. The Morgan fingerprint density at radius 3 is 1.90 bits per heavy atom. The number of ether oxygens (including phenoxy) is 5. The molecule has 176 valence electrons. The highest BCUT2D eigenvalue weighted by atomic mass is 19.4. The van der Waals surface area contributed by atoms with E-state index in [9.17, 15) is 13.2 Å². The van der Waals surface area contributed by atoms with Gasteiger partial charge in [-0.3, -0.25) is 0 Å². The predicted octanol–water partition coefficient (Wildman–Crippen LogP) is 5.47. The quantitative estimate of drug-likeness (QED) is 0.477. The molecule has 1 aromatic rings. The molecule has 0 atom stereocenters. The van der Waals surface area contributed by atoms with Gasteiger partial charge in [-0.25, -0.2) is 0 Å². The molecular weight excluding hydrogens is 413 g/mol. The molecule has 0 bridgehead atoms. The van der Waals surface area contributed by atoms with Crippen LogP contribution in [0.25, 0.3) is 0 Å². The van der Waals surface area contributed by atoms with Gasteiger partial charge in [0.2, 0.25) is 0 Å². The maximum atomic E-state index is 12.2. The molecule has 2 aliphatic heterocycles. The molecule has 0 saturated carbocycles. The number of aryl methyl sites for hydroxylation is 1. The van der Waals surface area contributed by atoms with Crippen LogP contribution in [0.3, 0.4) is 0 Å². The molecule has 0 spiro atoms. The third-order valence-corrected chi connectivity index (χ3v) is 5.67. The summed E-state index contributed by atoms with van der Waals surface area (Å²) in [6, 6.07) is 5.90. The normalized spacial score (nSPS) is 27.2. The minimum Gasteiger partial charge on any atom is -0.406 e. The first kappa shape index (κ1) is 24.3. The van der Waals surface area contributed by atoms with E-state index in [1.807, 2.05) is 0 Å². The van der Waals surface area contributed by atoms with Gasteiger partial charge in [0, 0.05) is 18.3 Å². The molecule has 31 heavy (non-hydrogen) atoms. The van der Waals surface area contributed by atoms with Gasteiger partial charge in [0.05, 0.1) is 26.4 Å². The minimum absolute atomic E-state index is 0.125. The van der Waals surface area contributed by atoms with Crippen LogP contribution < -0.4 is 4.74 Å². The fraction of sp³-hybridized carbons (Fsp3) is 0.739. The van der Waals surface area contributed by atoms with E-state index in [2.05, 4.69) is 11.7 Å². The molecule has 2 aliphatic rings. The van der Waals surface area contributed by atoms with Crippen molar-refractivity contribution in [1.29, 1.82) is 0 Å². The number of halogens is 3. The second kappa shape index (κ2) is 12.0. The summed E-state index contributed by atoms with van der Waals surface area (Å²) in [6.07, 6.45) is 1.58. The Bertz CT molecular complexity index is 621. The smallest absolute Gasteiger partial charge is 0.406 e. The summed E-state index contributed by atoms with van der Waals surface area (Å²) in [5, 5.41) is 0. The van der Waals surface area contributed by atoms with Gasteiger partial charge in [0.1, 0.15) is 5.75 Å². The predicted molar refractivity (Wildman–Crippen MR) is 109 cm³/mol. The number of benzene rings is 1. The first-order chi connectivity index (χ1) is 14.9. The van der Waals surface area contributed by atoms with Crippen molar-refractivity contribution in [3.63, 3.8) is 0 Å². The van der Waals surface area contributed by atoms with E-state index in [1.54, 1.807) is 12.1 Å². The lowest BCUT2D eigenvalue weighted by Crippen LogP contribution is -2.35. The van der Waals surface area contributed by atoms with Crippen molar-refractivity contribution in [3.8, 4) is 5.75 Å². The Balaban J connectivity index is 1.27. The van der Waals surface area contributed by atoms with E-state index in [0.29, 0.717) is 37.9 Å². The summed E-state index contributed by atoms with van der Waals surface area (Å²) in [4.78, 5) is 0. The molecule has 2 heterocycles. The second-order valence-corrected chi connectivity index (χ2v) is 8.37. The molecule has 2 saturated heterocycles. The number of hydrogen-bond donors (Lipinski definition) is 0. The molecule has 1 aromatic carbocycles. The third kappa shape index (κ3) is 8.96. The van der Waals surface area contributed by atoms with Gasteiger partial charge in [-0.15, -0.1) is 13.2 Å². The zero-order valence-electron chi connectivity index (χ0n) is 18.1. The molecule has 0 aromatic heterocycles. The van der Waals surface area contributed by atoms with Crippen LogP contribution in [0, 0.1) is 11.8 Å².